The van der Waals surface area contributed by atoms with Crippen molar-refractivity contribution in [1.29, 1.82) is 0 Å². The van der Waals surface area contributed by atoms with Crippen LogP contribution in [0.1, 0.15) is 17.0 Å². The zero-order valence-electron chi connectivity index (χ0n) is 17.0. The number of benzene rings is 1. The number of nitrogens with one attached hydrogen (secondary N) is 2. The van der Waals surface area contributed by atoms with Crippen LogP contribution in [0.2, 0.25) is 0 Å². The average Bonchev–Trinajstić information content (AvgIpc) is 3.14. The Morgan fingerprint density at radius 3 is 2.57 bits per heavy atom. The highest BCUT2D eigenvalue weighted by Gasteiger charge is 2.19. The number of fused-ring (bicyclic) bond motifs is 1. The summed E-state index contributed by atoms with van der Waals surface area (Å²) in [5.41, 5.74) is 2.64. The second-order valence-corrected chi connectivity index (χ2v) is 6.65. The van der Waals surface area contributed by atoms with E-state index in [1.165, 1.54) is 11.1 Å². The van der Waals surface area contributed by atoms with Crippen LogP contribution in [0.15, 0.2) is 23.5 Å². The number of aromatic nitrogens is 3. The number of aryl methyl sites for hydroxylation is 1. The quantitative estimate of drug-likeness (QED) is 0.530. The van der Waals surface area contributed by atoms with E-state index in [1.807, 2.05) is 7.05 Å². The molecule has 9 heteroatoms. The highest BCUT2D eigenvalue weighted by molar-refractivity contribution is 5.79. The van der Waals surface area contributed by atoms with Crippen molar-refractivity contribution in [2.75, 3.05) is 40.9 Å². The molecule has 0 fully saturated rings. The third-order valence-electron chi connectivity index (χ3n) is 4.96. The minimum atomic E-state index is 0.578. The van der Waals surface area contributed by atoms with Gasteiger partial charge in [0.15, 0.2) is 17.5 Å². The fourth-order valence-corrected chi connectivity index (χ4v) is 3.33. The van der Waals surface area contributed by atoms with Crippen molar-refractivity contribution in [3.8, 4) is 11.5 Å². The Morgan fingerprint density at radius 2 is 1.93 bits per heavy atom. The molecule has 0 saturated heterocycles. The van der Waals surface area contributed by atoms with Crippen LogP contribution in [0.25, 0.3) is 0 Å². The maximum Gasteiger partial charge on any atom is 0.191 e. The lowest BCUT2D eigenvalue weighted by atomic mass is 9.99. The van der Waals surface area contributed by atoms with Crippen LogP contribution in [-0.4, -0.2) is 66.5 Å². The first-order valence-electron chi connectivity index (χ1n) is 9.38. The Bertz CT molecular complexity index is 819. The summed E-state index contributed by atoms with van der Waals surface area (Å²) in [7, 11) is 6.99. The lowest BCUT2D eigenvalue weighted by Gasteiger charge is -2.29. The van der Waals surface area contributed by atoms with Crippen molar-refractivity contribution in [3.05, 3.63) is 35.4 Å². The second kappa shape index (κ2) is 9.41. The lowest BCUT2D eigenvalue weighted by molar-refractivity contribution is 0.256. The summed E-state index contributed by atoms with van der Waals surface area (Å²) in [6.45, 7) is 4.24. The fraction of sp³-hybridized carbons (Fsp3) is 0.526. The van der Waals surface area contributed by atoms with Gasteiger partial charge in [-0.15, -0.1) is 0 Å². The van der Waals surface area contributed by atoms with Crippen LogP contribution in [0.5, 0.6) is 11.5 Å². The van der Waals surface area contributed by atoms with Gasteiger partial charge < -0.3 is 20.1 Å². The zero-order chi connectivity index (χ0) is 19.9. The van der Waals surface area contributed by atoms with E-state index in [0.717, 1.165) is 55.9 Å². The van der Waals surface area contributed by atoms with Gasteiger partial charge in [0, 0.05) is 40.3 Å². The van der Waals surface area contributed by atoms with Crippen LogP contribution in [0, 0.1) is 0 Å². The molecule has 0 spiro atoms. The van der Waals surface area contributed by atoms with E-state index >= 15 is 0 Å². The third kappa shape index (κ3) is 4.72. The number of ether oxygens (including phenoxy) is 2. The van der Waals surface area contributed by atoms with Crippen LogP contribution >= 0.6 is 0 Å². The first-order chi connectivity index (χ1) is 13.6. The third-order valence-corrected chi connectivity index (χ3v) is 4.96. The lowest BCUT2D eigenvalue weighted by Crippen LogP contribution is -2.42. The van der Waals surface area contributed by atoms with Gasteiger partial charge in [-0.1, -0.05) is 0 Å². The molecule has 1 aliphatic heterocycles. The molecule has 0 radical (unpaired) electrons. The number of aliphatic imine (C=N–C) groups is 1. The predicted molar refractivity (Wildman–Crippen MR) is 108 cm³/mol. The van der Waals surface area contributed by atoms with Crippen LogP contribution < -0.4 is 20.1 Å². The van der Waals surface area contributed by atoms with E-state index in [1.54, 1.807) is 32.3 Å². The number of rotatable bonds is 7. The summed E-state index contributed by atoms with van der Waals surface area (Å²) in [5.74, 6) is 3.20. The number of methoxy groups -OCH3 is 2. The molecular weight excluding hydrogens is 358 g/mol. The van der Waals surface area contributed by atoms with Crippen LogP contribution in [0.3, 0.4) is 0 Å². The first-order valence-corrected chi connectivity index (χ1v) is 9.38. The Morgan fingerprint density at radius 1 is 1.18 bits per heavy atom. The number of guanidine groups is 1. The molecule has 1 aliphatic rings. The molecule has 2 N–H and O–H groups in total. The molecule has 28 heavy (non-hydrogen) atoms. The van der Waals surface area contributed by atoms with Gasteiger partial charge in [-0.25, -0.2) is 4.98 Å². The minimum absolute atomic E-state index is 0.578. The number of nitrogens with zero attached hydrogens (tertiary/aromatic N) is 5. The summed E-state index contributed by atoms with van der Waals surface area (Å²) in [6, 6.07) is 4.19. The van der Waals surface area contributed by atoms with Gasteiger partial charge in [-0.2, -0.15) is 5.10 Å². The van der Waals surface area contributed by atoms with Crippen molar-refractivity contribution < 1.29 is 9.47 Å². The molecule has 0 amide bonds. The normalized spacial score (nSPS) is 14.5. The highest BCUT2D eigenvalue weighted by Crippen LogP contribution is 2.33. The fourth-order valence-electron chi connectivity index (χ4n) is 3.33. The minimum Gasteiger partial charge on any atom is -0.493 e. The molecule has 0 atom stereocenters. The monoisotopic (exact) mass is 387 g/mol. The predicted octanol–water partition coefficient (Wildman–Crippen LogP) is 0.556. The Balaban J connectivity index is 1.48. The highest BCUT2D eigenvalue weighted by atomic mass is 16.5. The standard InChI is InChI=1S/C19H29N7O2/c1-20-19(22-11-18-23-13-24-25(18)2)21-6-8-26-7-5-14-9-16(27-3)17(28-4)10-15(14)12-26/h9-10,13H,5-8,11-12H2,1-4H3,(H2,20,21,22). The Labute approximate surface area is 165 Å². The van der Waals surface area contributed by atoms with Gasteiger partial charge in [0.1, 0.15) is 12.2 Å². The van der Waals surface area contributed by atoms with Crippen molar-refractivity contribution in [2.45, 2.75) is 19.5 Å². The zero-order valence-corrected chi connectivity index (χ0v) is 17.0. The van der Waals surface area contributed by atoms with Crippen molar-refractivity contribution in [1.82, 2.24) is 30.3 Å². The van der Waals surface area contributed by atoms with E-state index in [4.69, 9.17) is 9.47 Å². The van der Waals surface area contributed by atoms with Gasteiger partial charge in [-0.05, 0) is 29.7 Å². The van der Waals surface area contributed by atoms with Gasteiger partial charge in [0.05, 0.1) is 20.8 Å². The summed E-state index contributed by atoms with van der Waals surface area (Å²) < 4.78 is 12.6. The molecule has 152 valence electrons. The molecule has 0 unspecified atom stereocenters. The molecule has 1 aromatic carbocycles. The molecule has 2 heterocycles. The van der Waals surface area contributed by atoms with Gasteiger partial charge in [0.2, 0.25) is 0 Å². The van der Waals surface area contributed by atoms with Crippen molar-refractivity contribution in [3.63, 3.8) is 0 Å². The molecular formula is C19H29N7O2. The Kier molecular flexibility index (Phi) is 6.70. The summed E-state index contributed by atoms with van der Waals surface area (Å²) >= 11 is 0. The van der Waals surface area contributed by atoms with Crippen LogP contribution in [0.4, 0.5) is 0 Å². The molecule has 0 aliphatic carbocycles. The average molecular weight is 387 g/mol. The van der Waals surface area contributed by atoms with E-state index in [2.05, 4.69) is 42.7 Å². The van der Waals surface area contributed by atoms with Gasteiger partial charge in [-0.3, -0.25) is 14.6 Å². The topological polar surface area (TPSA) is 88.8 Å². The maximum absolute atomic E-state index is 5.44. The van der Waals surface area contributed by atoms with E-state index < -0.39 is 0 Å². The SMILES string of the molecule is CN=C(NCCN1CCc2cc(OC)c(OC)cc2C1)NCc1ncnn1C. The van der Waals surface area contributed by atoms with Gasteiger partial charge in [0.25, 0.3) is 0 Å². The van der Waals surface area contributed by atoms with Crippen molar-refractivity contribution >= 4 is 5.96 Å². The van der Waals surface area contributed by atoms with E-state index in [9.17, 15) is 0 Å². The summed E-state index contributed by atoms with van der Waals surface area (Å²) in [4.78, 5) is 10.9. The molecule has 1 aromatic heterocycles. The van der Waals surface area contributed by atoms with Crippen molar-refractivity contribution in [2.24, 2.45) is 12.0 Å². The smallest absolute Gasteiger partial charge is 0.191 e. The Hall–Kier alpha value is -2.81. The first kappa shape index (κ1) is 19.9. The maximum atomic E-state index is 5.44. The summed E-state index contributed by atoms with van der Waals surface area (Å²) in [6.07, 6.45) is 2.56. The van der Waals surface area contributed by atoms with E-state index in [-0.39, 0.29) is 0 Å². The molecule has 9 nitrogen and oxygen atoms in total. The molecule has 3 rings (SSSR count). The van der Waals surface area contributed by atoms with Crippen LogP contribution in [-0.2, 0) is 26.6 Å². The molecule has 0 saturated carbocycles. The molecule has 2 aromatic rings. The van der Waals surface area contributed by atoms with E-state index in [0.29, 0.717) is 6.54 Å². The number of hydrogen-bond donors (Lipinski definition) is 2. The number of hydrogen-bond acceptors (Lipinski definition) is 6. The molecule has 0 bridgehead atoms. The van der Waals surface area contributed by atoms with Gasteiger partial charge >= 0.3 is 0 Å². The summed E-state index contributed by atoms with van der Waals surface area (Å²) in [5, 5.41) is 10.7. The second-order valence-electron chi connectivity index (χ2n) is 6.65. The largest absolute Gasteiger partial charge is 0.493 e.